The van der Waals surface area contributed by atoms with E-state index in [9.17, 15) is 4.79 Å². The fraction of sp³-hybridized carbons (Fsp3) is 0.533. The van der Waals surface area contributed by atoms with Gasteiger partial charge in [0.1, 0.15) is 17.0 Å². The largest absolute Gasteiger partial charge is 0.478 e. The molecule has 2 aromatic heterocycles. The average Bonchev–Trinajstić information content (AvgIpc) is 3.18. The number of aromatic nitrogens is 4. The molecule has 1 amide bonds. The lowest BCUT2D eigenvalue weighted by molar-refractivity contribution is 0.0790. The van der Waals surface area contributed by atoms with Gasteiger partial charge in [0.15, 0.2) is 0 Å². The molecule has 126 valence electrons. The highest BCUT2D eigenvalue weighted by Gasteiger charge is 2.54. The molecule has 9 heteroatoms. The Bertz CT molecular complexity index is 739. The minimum Gasteiger partial charge on any atom is -0.478 e. The second-order valence-electron chi connectivity index (χ2n) is 6.16. The van der Waals surface area contributed by atoms with Crippen molar-refractivity contribution in [2.45, 2.75) is 25.3 Å². The van der Waals surface area contributed by atoms with Crippen molar-refractivity contribution in [1.29, 1.82) is 0 Å². The normalized spacial score (nSPS) is 25.0. The number of nitrogens with zero attached hydrogens (tertiary/aromatic N) is 5. The monoisotopic (exact) mass is 346 g/mol. The van der Waals surface area contributed by atoms with E-state index in [-0.39, 0.29) is 11.4 Å². The average molecular weight is 346 g/mol. The van der Waals surface area contributed by atoms with Crippen molar-refractivity contribution in [3.63, 3.8) is 0 Å². The van der Waals surface area contributed by atoms with E-state index in [1.165, 1.54) is 12.5 Å². The van der Waals surface area contributed by atoms with Crippen LogP contribution in [0.3, 0.4) is 0 Å². The zero-order valence-electron chi connectivity index (χ0n) is 13.3. The Morgan fingerprint density at radius 3 is 3.17 bits per heavy atom. The number of hydrogen-bond acceptors (Lipinski definition) is 8. The van der Waals surface area contributed by atoms with Gasteiger partial charge >= 0.3 is 0 Å². The summed E-state index contributed by atoms with van der Waals surface area (Å²) in [6.07, 6.45) is 5.17. The number of carbonyl (C=O) groups excluding carboxylic acids is 1. The lowest BCUT2D eigenvalue weighted by Crippen LogP contribution is -2.53. The van der Waals surface area contributed by atoms with Gasteiger partial charge in [-0.25, -0.2) is 9.97 Å². The number of ether oxygens (including phenoxy) is 1. The Morgan fingerprint density at radius 2 is 2.46 bits per heavy atom. The summed E-state index contributed by atoms with van der Waals surface area (Å²) in [5.74, 6) is 1.75. The molecule has 0 spiro atoms. The highest BCUT2D eigenvalue weighted by atomic mass is 32.1. The van der Waals surface area contributed by atoms with E-state index in [0.717, 1.165) is 36.7 Å². The molecule has 2 aromatic rings. The van der Waals surface area contributed by atoms with E-state index >= 15 is 0 Å². The smallest absolute Gasteiger partial charge is 0.267 e. The number of hydrogen-bond donors (Lipinski definition) is 1. The van der Waals surface area contributed by atoms with Crippen LogP contribution in [-0.4, -0.2) is 55.6 Å². The maximum atomic E-state index is 12.5. The third-order valence-corrected chi connectivity index (χ3v) is 5.46. The van der Waals surface area contributed by atoms with Gasteiger partial charge in [-0.15, -0.1) is 5.10 Å². The first-order chi connectivity index (χ1) is 11.7. The predicted octanol–water partition coefficient (Wildman–Crippen LogP) is 1.44. The molecule has 0 bridgehead atoms. The summed E-state index contributed by atoms with van der Waals surface area (Å²) in [6.45, 7) is 3.91. The van der Waals surface area contributed by atoms with Crippen LogP contribution in [0.2, 0.25) is 0 Å². The molecule has 0 aromatic carbocycles. The molecule has 1 saturated heterocycles. The number of likely N-dealkylation sites (tertiary alicyclic amines) is 1. The van der Waals surface area contributed by atoms with Crippen molar-refractivity contribution in [3.8, 4) is 5.88 Å². The number of anilines is 1. The van der Waals surface area contributed by atoms with Crippen LogP contribution in [-0.2, 0) is 0 Å². The van der Waals surface area contributed by atoms with Gasteiger partial charge < -0.3 is 15.0 Å². The van der Waals surface area contributed by atoms with Crippen LogP contribution < -0.4 is 10.1 Å². The lowest BCUT2D eigenvalue weighted by Gasteiger charge is -2.44. The summed E-state index contributed by atoms with van der Waals surface area (Å²) >= 11 is 1.14. The van der Waals surface area contributed by atoms with E-state index in [1.807, 2.05) is 17.9 Å². The van der Waals surface area contributed by atoms with Crippen molar-refractivity contribution in [2.24, 2.45) is 5.92 Å². The summed E-state index contributed by atoms with van der Waals surface area (Å²) in [6, 6.07) is 1.81. The molecule has 3 heterocycles. The number of rotatable bonds is 5. The molecule has 2 aliphatic rings. The third-order valence-electron chi connectivity index (χ3n) is 4.80. The molecular formula is C15H18N6O2S. The summed E-state index contributed by atoms with van der Waals surface area (Å²) in [4.78, 5) is 23.4. The van der Waals surface area contributed by atoms with E-state index < -0.39 is 0 Å². The highest BCUT2D eigenvalue weighted by molar-refractivity contribution is 7.07. The zero-order valence-corrected chi connectivity index (χ0v) is 14.1. The van der Waals surface area contributed by atoms with E-state index in [4.69, 9.17) is 4.74 Å². The Morgan fingerprint density at radius 1 is 1.54 bits per heavy atom. The van der Waals surface area contributed by atoms with Crippen LogP contribution in [0, 0.1) is 5.92 Å². The van der Waals surface area contributed by atoms with Crippen LogP contribution in [0.15, 0.2) is 18.6 Å². The fourth-order valence-corrected chi connectivity index (χ4v) is 3.99. The molecular weight excluding hydrogens is 328 g/mol. The molecule has 2 unspecified atom stereocenters. The van der Waals surface area contributed by atoms with Gasteiger partial charge in [-0.1, -0.05) is 4.49 Å². The fourth-order valence-electron chi connectivity index (χ4n) is 3.51. The van der Waals surface area contributed by atoms with Gasteiger partial charge in [-0.3, -0.25) is 4.79 Å². The molecule has 1 aliphatic heterocycles. The van der Waals surface area contributed by atoms with Crippen LogP contribution in [0.5, 0.6) is 5.88 Å². The molecule has 2 atom stereocenters. The van der Waals surface area contributed by atoms with E-state index in [2.05, 4.69) is 24.9 Å². The van der Waals surface area contributed by atoms with Crippen molar-refractivity contribution in [1.82, 2.24) is 24.5 Å². The maximum Gasteiger partial charge on any atom is 0.267 e. The Labute approximate surface area is 143 Å². The number of carbonyl (C=O) groups is 1. The van der Waals surface area contributed by atoms with Crippen LogP contribution >= 0.6 is 11.5 Å². The van der Waals surface area contributed by atoms with Gasteiger partial charge in [0.2, 0.25) is 5.88 Å². The van der Waals surface area contributed by atoms with Crippen molar-refractivity contribution >= 4 is 23.3 Å². The van der Waals surface area contributed by atoms with Crippen molar-refractivity contribution < 1.29 is 9.53 Å². The SMILES string of the molecule is CCOc1cc(NC23CCC2CN(C(=O)c2cnns2)C3)ncn1. The summed E-state index contributed by atoms with van der Waals surface area (Å²) in [5, 5.41) is 7.29. The molecule has 8 nitrogen and oxygen atoms in total. The van der Waals surface area contributed by atoms with Crippen LogP contribution in [0.1, 0.15) is 29.4 Å². The second-order valence-corrected chi connectivity index (χ2v) is 6.94. The Hall–Kier alpha value is -2.29. The molecule has 1 N–H and O–H groups in total. The first kappa shape index (κ1) is 15.3. The molecule has 24 heavy (non-hydrogen) atoms. The summed E-state index contributed by atoms with van der Waals surface area (Å²) in [7, 11) is 0. The van der Waals surface area contributed by atoms with Crippen LogP contribution in [0.25, 0.3) is 0 Å². The minimum atomic E-state index is -0.106. The maximum absolute atomic E-state index is 12.5. The second kappa shape index (κ2) is 5.97. The zero-order chi connectivity index (χ0) is 16.6. The van der Waals surface area contributed by atoms with Crippen molar-refractivity contribution in [3.05, 3.63) is 23.5 Å². The first-order valence-corrected chi connectivity index (χ1v) is 8.77. The molecule has 4 rings (SSSR count). The summed E-state index contributed by atoms with van der Waals surface area (Å²) in [5.41, 5.74) is -0.106. The minimum absolute atomic E-state index is 0.0123. The highest BCUT2D eigenvalue weighted by Crippen LogP contribution is 2.46. The Kier molecular flexibility index (Phi) is 3.79. The van der Waals surface area contributed by atoms with E-state index in [0.29, 0.717) is 29.8 Å². The quantitative estimate of drug-likeness (QED) is 0.875. The van der Waals surface area contributed by atoms with Crippen molar-refractivity contribution in [2.75, 3.05) is 25.0 Å². The van der Waals surface area contributed by atoms with E-state index in [1.54, 1.807) is 0 Å². The molecule has 0 radical (unpaired) electrons. The predicted molar refractivity (Wildman–Crippen MR) is 88.1 cm³/mol. The van der Waals surface area contributed by atoms with Gasteiger partial charge in [0.25, 0.3) is 5.91 Å². The third kappa shape index (κ3) is 2.58. The lowest BCUT2D eigenvalue weighted by atomic mass is 9.69. The number of amides is 1. The first-order valence-electron chi connectivity index (χ1n) is 8.00. The Balaban J connectivity index is 1.49. The topological polar surface area (TPSA) is 93.1 Å². The van der Waals surface area contributed by atoms with Gasteiger partial charge in [-0.2, -0.15) is 0 Å². The standard InChI is InChI=1S/C15H18N6O2S/c1-2-23-13-5-12(16-9-17-13)19-15-4-3-10(15)7-21(8-15)14(22)11-6-18-20-24-11/h5-6,9-10H,2-4,7-8H2,1H3,(H,16,17,19). The molecule has 1 saturated carbocycles. The van der Waals surface area contributed by atoms with Crippen LogP contribution in [0.4, 0.5) is 5.82 Å². The number of nitrogens with one attached hydrogen (secondary N) is 1. The van der Waals surface area contributed by atoms with Gasteiger partial charge in [0, 0.05) is 25.1 Å². The molecule has 1 aliphatic carbocycles. The van der Waals surface area contributed by atoms with Gasteiger partial charge in [0.05, 0.1) is 18.3 Å². The summed E-state index contributed by atoms with van der Waals surface area (Å²) < 4.78 is 9.21. The molecule has 2 fully saturated rings. The number of fused-ring (bicyclic) bond motifs is 1. The van der Waals surface area contributed by atoms with Gasteiger partial charge in [-0.05, 0) is 31.3 Å².